The van der Waals surface area contributed by atoms with E-state index in [0.717, 1.165) is 22.4 Å². The zero-order valence-electron chi connectivity index (χ0n) is 29.0. The van der Waals surface area contributed by atoms with Gasteiger partial charge in [0.25, 0.3) is 5.91 Å². The van der Waals surface area contributed by atoms with Gasteiger partial charge in [-0.3, -0.25) is 24.0 Å². The summed E-state index contributed by atoms with van der Waals surface area (Å²) in [6.07, 6.45) is 0.399. The van der Waals surface area contributed by atoms with E-state index in [1.807, 2.05) is 61.5 Å². The maximum absolute atomic E-state index is 14.5. The Hall–Kier alpha value is -5.04. The summed E-state index contributed by atoms with van der Waals surface area (Å²) in [5, 5.41) is 7.99. The van der Waals surface area contributed by atoms with Gasteiger partial charge in [-0.15, -0.1) is 0 Å². The van der Waals surface area contributed by atoms with E-state index in [2.05, 4.69) is 10.6 Å². The molecule has 2 N–H and O–H groups in total. The summed E-state index contributed by atoms with van der Waals surface area (Å²) in [6, 6.07) is 15.4. The summed E-state index contributed by atoms with van der Waals surface area (Å²) in [7, 11) is 6.68. The van der Waals surface area contributed by atoms with Crippen LogP contribution in [0.5, 0.6) is 5.75 Å². The Labute approximate surface area is 291 Å². The highest BCUT2D eigenvalue weighted by molar-refractivity contribution is 5.99. The van der Waals surface area contributed by atoms with Crippen molar-refractivity contribution < 1.29 is 33.1 Å². The minimum atomic E-state index is -1.04. The molecule has 0 spiro atoms. The second-order valence-electron chi connectivity index (χ2n) is 13.3. The molecule has 0 bridgehead atoms. The molecule has 2 aliphatic heterocycles. The van der Waals surface area contributed by atoms with Crippen LogP contribution in [-0.4, -0.2) is 128 Å². The van der Waals surface area contributed by atoms with Crippen molar-refractivity contribution in [3.63, 3.8) is 0 Å². The number of nitrogens with one attached hydrogen (secondary N) is 2. The predicted octanol–water partition coefficient (Wildman–Crippen LogP) is 2.06. The Kier molecular flexibility index (Phi) is 11.7. The molecule has 13 heteroatoms. The quantitative estimate of drug-likeness (QED) is 0.389. The number of likely N-dealkylation sites (N-methyl/N-ethyl adjacent to an activating group) is 3. The van der Waals surface area contributed by atoms with Crippen LogP contribution < -0.4 is 15.4 Å². The Morgan fingerprint density at radius 3 is 2.50 bits per heavy atom. The second-order valence-corrected chi connectivity index (χ2v) is 13.3. The van der Waals surface area contributed by atoms with Gasteiger partial charge in [-0.25, -0.2) is 4.39 Å². The first-order valence-electron chi connectivity index (χ1n) is 16.8. The van der Waals surface area contributed by atoms with Gasteiger partial charge in [0.05, 0.1) is 24.6 Å². The van der Waals surface area contributed by atoms with Crippen molar-refractivity contribution in [3.8, 4) is 5.75 Å². The van der Waals surface area contributed by atoms with Crippen molar-refractivity contribution in [1.29, 1.82) is 0 Å². The SMILES string of the molecule is CN(C)CCNC(=O)[C@@H]1CCC(=O)N(C)CC(=O)N2C[C@H](NC(=O)Cc3ccc4ccccc4c3)C[C@H]2COc2ccc(F)cc2C(=O)N1C. The number of halogens is 1. The summed E-state index contributed by atoms with van der Waals surface area (Å²) in [5.74, 6) is -2.58. The van der Waals surface area contributed by atoms with Gasteiger partial charge in [-0.05, 0) is 61.5 Å². The number of ether oxygens (including phenoxy) is 1. The van der Waals surface area contributed by atoms with E-state index in [-0.39, 0.29) is 74.0 Å². The van der Waals surface area contributed by atoms with Crippen LogP contribution in [0, 0.1) is 5.82 Å². The Morgan fingerprint density at radius 2 is 1.74 bits per heavy atom. The number of hydrogen-bond donors (Lipinski definition) is 2. The smallest absolute Gasteiger partial charge is 0.258 e. The van der Waals surface area contributed by atoms with Crippen LogP contribution in [-0.2, 0) is 25.6 Å². The molecule has 2 heterocycles. The van der Waals surface area contributed by atoms with Gasteiger partial charge in [0.1, 0.15) is 24.2 Å². The van der Waals surface area contributed by atoms with Crippen LogP contribution in [0.15, 0.2) is 60.7 Å². The zero-order chi connectivity index (χ0) is 35.9. The van der Waals surface area contributed by atoms with Crippen LogP contribution in [0.2, 0.25) is 0 Å². The lowest BCUT2D eigenvalue weighted by Gasteiger charge is -2.28. The van der Waals surface area contributed by atoms with E-state index in [4.69, 9.17) is 4.74 Å². The maximum atomic E-state index is 14.5. The van der Waals surface area contributed by atoms with E-state index >= 15 is 0 Å². The number of nitrogens with zero attached hydrogens (tertiary/aromatic N) is 4. The van der Waals surface area contributed by atoms with Gasteiger partial charge in [-0.1, -0.05) is 42.5 Å². The van der Waals surface area contributed by atoms with Crippen molar-refractivity contribution in [2.75, 3.05) is 61.0 Å². The van der Waals surface area contributed by atoms with E-state index < -0.39 is 29.7 Å². The van der Waals surface area contributed by atoms with Crippen LogP contribution >= 0.6 is 0 Å². The van der Waals surface area contributed by atoms with Crippen LogP contribution in [0.4, 0.5) is 4.39 Å². The Bertz CT molecular complexity index is 1750. The van der Waals surface area contributed by atoms with Gasteiger partial charge in [0.2, 0.25) is 23.6 Å². The number of carbonyl (C=O) groups is 5. The van der Waals surface area contributed by atoms with Crippen molar-refractivity contribution in [2.45, 2.75) is 43.8 Å². The summed E-state index contributed by atoms with van der Waals surface area (Å²) in [4.78, 5) is 73.2. The lowest BCUT2D eigenvalue weighted by molar-refractivity contribution is -0.140. The van der Waals surface area contributed by atoms with Crippen molar-refractivity contribution in [2.24, 2.45) is 0 Å². The molecule has 1 fully saturated rings. The van der Waals surface area contributed by atoms with Gasteiger partial charge in [0.15, 0.2) is 0 Å². The summed E-state index contributed by atoms with van der Waals surface area (Å²) >= 11 is 0. The molecule has 0 aliphatic carbocycles. The molecule has 3 atom stereocenters. The first-order valence-corrected chi connectivity index (χ1v) is 16.8. The molecule has 5 rings (SSSR count). The average molecular weight is 689 g/mol. The van der Waals surface area contributed by atoms with Gasteiger partial charge >= 0.3 is 0 Å². The van der Waals surface area contributed by atoms with E-state index in [0.29, 0.717) is 19.5 Å². The number of rotatable bonds is 7. The van der Waals surface area contributed by atoms with Crippen LogP contribution in [0.1, 0.15) is 35.2 Å². The molecule has 0 saturated carbocycles. The normalized spacial score (nSPS) is 20.6. The maximum Gasteiger partial charge on any atom is 0.258 e. The largest absolute Gasteiger partial charge is 0.491 e. The van der Waals surface area contributed by atoms with Crippen molar-refractivity contribution in [3.05, 3.63) is 77.6 Å². The van der Waals surface area contributed by atoms with Gasteiger partial charge < -0.3 is 35.0 Å². The standard InChI is InChI=1S/C37H45FN6O6/c1-41(2)16-15-39-36(48)31-12-14-34(46)42(3)22-35(47)44-21-28(40-33(45)18-24-9-10-25-7-5-6-8-26(25)17-24)20-29(44)23-50-32-13-11-27(38)19-30(32)37(49)43(31)4/h5-11,13,17,19,28-29,31H,12,14-16,18,20-23H2,1-4H3,(H,39,48)(H,40,45)/t28-,29+,31+/m1/s1. The fourth-order valence-electron chi connectivity index (χ4n) is 6.46. The molecule has 12 nitrogen and oxygen atoms in total. The highest BCUT2D eigenvalue weighted by Crippen LogP contribution is 2.26. The predicted molar refractivity (Wildman–Crippen MR) is 186 cm³/mol. The molecule has 3 aromatic rings. The Balaban J connectivity index is 1.35. The van der Waals surface area contributed by atoms with E-state index in [9.17, 15) is 28.4 Å². The molecule has 0 aromatic heterocycles. The topological polar surface area (TPSA) is 132 Å². The average Bonchev–Trinajstić information content (AvgIpc) is 3.48. The Morgan fingerprint density at radius 1 is 0.980 bits per heavy atom. The highest BCUT2D eigenvalue weighted by Gasteiger charge is 2.38. The number of carbonyl (C=O) groups excluding carboxylic acids is 5. The zero-order valence-corrected chi connectivity index (χ0v) is 29.0. The monoisotopic (exact) mass is 688 g/mol. The molecular weight excluding hydrogens is 643 g/mol. The second kappa shape index (κ2) is 16.1. The third kappa shape index (κ3) is 8.94. The summed E-state index contributed by atoms with van der Waals surface area (Å²) in [6.45, 7) is 0.816. The molecule has 3 aromatic carbocycles. The van der Waals surface area contributed by atoms with Gasteiger partial charge in [0, 0.05) is 46.2 Å². The lowest BCUT2D eigenvalue weighted by Crippen LogP contribution is -2.49. The first kappa shape index (κ1) is 36.2. The molecule has 0 unspecified atom stereocenters. The van der Waals surface area contributed by atoms with Gasteiger partial charge in [-0.2, -0.15) is 0 Å². The number of amides is 5. The minimum Gasteiger partial charge on any atom is -0.491 e. The summed E-state index contributed by atoms with van der Waals surface area (Å²) < 4.78 is 20.7. The third-order valence-electron chi connectivity index (χ3n) is 9.26. The van der Waals surface area contributed by atoms with E-state index in [1.54, 1.807) is 4.90 Å². The molecule has 5 amide bonds. The fraction of sp³-hybridized carbons (Fsp3) is 0.432. The highest BCUT2D eigenvalue weighted by atomic mass is 19.1. The lowest BCUT2D eigenvalue weighted by atomic mass is 10.0. The summed E-state index contributed by atoms with van der Waals surface area (Å²) in [5.41, 5.74) is 0.772. The molecular formula is C37H45FN6O6. The first-order chi connectivity index (χ1) is 23.9. The fourth-order valence-corrected chi connectivity index (χ4v) is 6.46. The molecule has 0 radical (unpaired) electrons. The molecule has 1 saturated heterocycles. The molecule has 2 aliphatic rings. The van der Waals surface area contributed by atoms with E-state index in [1.165, 1.54) is 36.0 Å². The molecule has 266 valence electrons. The number of benzene rings is 3. The van der Waals surface area contributed by atoms with Crippen molar-refractivity contribution in [1.82, 2.24) is 30.2 Å². The van der Waals surface area contributed by atoms with Crippen LogP contribution in [0.25, 0.3) is 10.8 Å². The minimum absolute atomic E-state index is 0.0173. The third-order valence-corrected chi connectivity index (χ3v) is 9.26. The number of fused-ring (bicyclic) bond motifs is 3. The van der Waals surface area contributed by atoms with Crippen LogP contribution in [0.3, 0.4) is 0 Å². The molecule has 50 heavy (non-hydrogen) atoms. The van der Waals surface area contributed by atoms with Crippen molar-refractivity contribution >= 4 is 40.3 Å². The number of hydrogen-bond acceptors (Lipinski definition) is 7.